The number of nitrogens with zero attached hydrogens (tertiary/aromatic N) is 2. The number of hydrogen-bond acceptors (Lipinski definition) is 5. The number of ketones is 2. The Hall–Kier alpha value is -3.54. The second kappa shape index (κ2) is 9.98. The molecule has 0 spiro atoms. The predicted octanol–water partition coefficient (Wildman–Crippen LogP) is 5.53. The van der Waals surface area contributed by atoms with E-state index >= 15 is 0 Å². The van der Waals surface area contributed by atoms with Crippen LogP contribution < -0.4 is 0 Å². The topological polar surface area (TPSA) is 76.6 Å². The van der Waals surface area contributed by atoms with Crippen LogP contribution in [0.1, 0.15) is 60.8 Å². The Morgan fingerprint density at radius 1 is 1.00 bits per heavy atom. The monoisotopic (exact) mass is 472 g/mol. The van der Waals surface area contributed by atoms with Crippen LogP contribution in [0.2, 0.25) is 0 Å². The average molecular weight is 473 g/mol. The normalized spacial score (nSPS) is 14.7. The van der Waals surface area contributed by atoms with Crippen molar-refractivity contribution in [1.29, 1.82) is 0 Å². The summed E-state index contributed by atoms with van der Waals surface area (Å²) in [6.45, 7) is 8.29. The molecule has 0 radical (unpaired) electrons. The standard InChI is InChI=1S/C29H32N2O4/c1-19-17-23(24-7-5-6-8-25(24)30-19)18-20-9-11-21(12-10-20)26(32)27(33)22-13-15-31(16-14-22)28(34)35-29(2,3)4/h5-12,17,22H,13-16,18H2,1-4H3. The largest absolute Gasteiger partial charge is 0.444 e. The first kappa shape index (κ1) is 24.6. The number of fused-ring (bicyclic) bond motifs is 1. The number of aryl methyl sites for hydroxylation is 1. The van der Waals surface area contributed by atoms with Crippen molar-refractivity contribution in [2.24, 2.45) is 5.92 Å². The number of piperidine rings is 1. The van der Waals surface area contributed by atoms with Gasteiger partial charge in [-0.2, -0.15) is 0 Å². The van der Waals surface area contributed by atoms with Gasteiger partial charge in [-0.1, -0.05) is 42.5 Å². The molecule has 2 aromatic carbocycles. The number of Topliss-reactive ketones (excluding diaryl/α,β-unsaturated/α-hetero) is 2. The number of carbonyl (C=O) groups excluding carboxylic acids is 3. The number of pyridine rings is 1. The fraction of sp³-hybridized carbons (Fsp3) is 0.379. The Morgan fingerprint density at radius 3 is 2.31 bits per heavy atom. The van der Waals surface area contributed by atoms with Gasteiger partial charge < -0.3 is 9.64 Å². The van der Waals surface area contributed by atoms with Crippen LogP contribution in [0.5, 0.6) is 0 Å². The summed E-state index contributed by atoms with van der Waals surface area (Å²) in [5.41, 5.74) is 4.03. The lowest BCUT2D eigenvalue weighted by atomic mass is 9.88. The lowest BCUT2D eigenvalue weighted by Crippen LogP contribution is -2.43. The van der Waals surface area contributed by atoms with Gasteiger partial charge in [0.15, 0.2) is 0 Å². The summed E-state index contributed by atoms with van der Waals surface area (Å²) in [6, 6.07) is 17.5. The average Bonchev–Trinajstić information content (AvgIpc) is 2.82. The molecular weight excluding hydrogens is 440 g/mol. The van der Waals surface area contributed by atoms with Gasteiger partial charge in [0.2, 0.25) is 11.6 Å². The molecule has 1 saturated heterocycles. The van der Waals surface area contributed by atoms with Gasteiger partial charge in [0.1, 0.15) is 5.60 Å². The maximum atomic E-state index is 12.9. The summed E-state index contributed by atoms with van der Waals surface area (Å²) >= 11 is 0. The summed E-state index contributed by atoms with van der Waals surface area (Å²) in [5.74, 6) is -1.21. The minimum atomic E-state index is -0.560. The van der Waals surface area contributed by atoms with Crippen LogP contribution in [0, 0.1) is 12.8 Å². The predicted molar refractivity (Wildman–Crippen MR) is 136 cm³/mol. The van der Waals surface area contributed by atoms with Crippen molar-refractivity contribution in [2.45, 2.75) is 52.6 Å². The fourth-order valence-corrected chi connectivity index (χ4v) is 4.51. The second-order valence-electron chi connectivity index (χ2n) is 10.2. The number of para-hydroxylation sites is 1. The zero-order valence-corrected chi connectivity index (χ0v) is 20.8. The molecule has 2 heterocycles. The molecule has 182 valence electrons. The summed E-state index contributed by atoms with van der Waals surface area (Å²) in [4.78, 5) is 44.2. The van der Waals surface area contributed by atoms with Crippen molar-refractivity contribution in [3.63, 3.8) is 0 Å². The molecule has 0 aliphatic carbocycles. The van der Waals surface area contributed by atoms with Crippen LogP contribution in [0.25, 0.3) is 10.9 Å². The van der Waals surface area contributed by atoms with Crippen LogP contribution in [0.4, 0.5) is 4.79 Å². The third kappa shape index (κ3) is 5.94. The molecule has 6 nitrogen and oxygen atoms in total. The number of aromatic nitrogens is 1. The maximum Gasteiger partial charge on any atom is 0.410 e. The minimum Gasteiger partial charge on any atom is -0.444 e. The van der Waals surface area contributed by atoms with Gasteiger partial charge in [-0.05, 0) is 70.2 Å². The van der Waals surface area contributed by atoms with Gasteiger partial charge in [0.05, 0.1) is 5.52 Å². The Morgan fingerprint density at radius 2 is 1.66 bits per heavy atom. The molecule has 35 heavy (non-hydrogen) atoms. The Balaban J connectivity index is 1.38. The van der Waals surface area contributed by atoms with E-state index in [1.807, 2.05) is 58.0 Å². The van der Waals surface area contributed by atoms with Crippen LogP contribution in [0.15, 0.2) is 54.6 Å². The van der Waals surface area contributed by atoms with Gasteiger partial charge in [0, 0.05) is 35.7 Å². The molecule has 0 unspecified atom stereocenters. The number of carbonyl (C=O) groups is 3. The summed E-state index contributed by atoms with van der Waals surface area (Å²) in [5, 5.41) is 1.12. The molecule has 0 bridgehead atoms. The van der Waals surface area contributed by atoms with Gasteiger partial charge in [-0.3, -0.25) is 14.6 Å². The van der Waals surface area contributed by atoms with E-state index in [1.54, 1.807) is 17.0 Å². The van der Waals surface area contributed by atoms with Crippen molar-refractivity contribution in [2.75, 3.05) is 13.1 Å². The van der Waals surface area contributed by atoms with Crippen LogP contribution in [0.3, 0.4) is 0 Å². The summed E-state index contributed by atoms with van der Waals surface area (Å²) in [6.07, 6.45) is 1.28. The van der Waals surface area contributed by atoms with Gasteiger partial charge in [-0.25, -0.2) is 4.79 Å². The molecule has 1 fully saturated rings. The quantitative estimate of drug-likeness (QED) is 0.360. The SMILES string of the molecule is Cc1cc(Cc2ccc(C(=O)C(=O)C3CCN(C(=O)OC(C)(C)C)CC3)cc2)c2ccccc2n1. The molecule has 1 aliphatic heterocycles. The third-order valence-electron chi connectivity index (χ3n) is 6.28. The Bertz CT molecular complexity index is 1250. The highest BCUT2D eigenvalue weighted by Crippen LogP contribution is 2.24. The smallest absolute Gasteiger partial charge is 0.410 e. The van der Waals surface area contributed by atoms with Crippen molar-refractivity contribution in [3.8, 4) is 0 Å². The van der Waals surface area contributed by atoms with E-state index in [0.717, 1.165) is 28.6 Å². The first-order valence-corrected chi connectivity index (χ1v) is 12.1. The zero-order valence-electron chi connectivity index (χ0n) is 20.8. The van der Waals surface area contributed by atoms with Crippen molar-refractivity contribution < 1.29 is 19.1 Å². The highest BCUT2D eigenvalue weighted by molar-refractivity contribution is 6.44. The van der Waals surface area contributed by atoms with Crippen molar-refractivity contribution >= 4 is 28.6 Å². The Labute approximate surface area is 206 Å². The molecule has 4 rings (SSSR count). The fourth-order valence-electron chi connectivity index (χ4n) is 4.51. The van der Waals surface area contributed by atoms with Crippen LogP contribution in [-0.4, -0.2) is 46.2 Å². The first-order chi connectivity index (χ1) is 16.6. The van der Waals surface area contributed by atoms with E-state index in [1.165, 1.54) is 5.56 Å². The number of ether oxygens (including phenoxy) is 1. The van der Waals surface area contributed by atoms with E-state index in [-0.39, 0.29) is 17.8 Å². The Kier molecular flexibility index (Phi) is 7.01. The van der Waals surface area contributed by atoms with E-state index < -0.39 is 11.4 Å². The van der Waals surface area contributed by atoms with Crippen molar-refractivity contribution in [3.05, 3.63) is 77.0 Å². The number of likely N-dealkylation sites (tertiary alicyclic amines) is 1. The van der Waals surface area contributed by atoms with E-state index in [9.17, 15) is 14.4 Å². The molecule has 3 aromatic rings. The van der Waals surface area contributed by atoms with Crippen LogP contribution in [-0.2, 0) is 16.0 Å². The maximum absolute atomic E-state index is 12.9. The first-order valence-electron chi connectivity index (χ1n) is 12.1. The number of rotatable bonds is 5. The van der Waals surface area contributed by atoms with Gasteiger partial charge in [0.25, 0.3) is 0 Å². The van der Waals surface area contributed by atoms with E-state index in [2.05, 4.69) is 17.1 Å². The molecule has 0 saturated carbocycles. The van der Waals surface area contributed by atoms with Crippen molar-refractivity contribution in [1.82, 2.24) is 9.88 Å². The van der Waals surface area contributed by atoms with Gasteiger partial charge >= 0.3 is 6.09 Å². The lowest BCUT2D eigenvalue weighted by Gasteiger charge is -2.32. The van der Waals surface area contributed by atoms with Gasteiger partial charge in [-0.15, -0.1) is 0 Å². The van der Waals surface area contributed by atoms with Crippen LogP contribution >= 0.6 is 0 Å². The molecule has 1 amide bonds. The highest BCUT2D eigenvalue weighted by Gasteiger charge is 2.32. The van der Waals surface area contributed by atoms with E-state index in [4.69, 9.17) is 4.74 Å². The number of hydrogen-bond donors (Lipinski definition) is 0. The molecule has 1 aromatic heterocycles. The number of benzene rings is 2. The van der Waals surface area contributed by atoms with E-state index in [0.29, 0.717) is 31.5 Å². The molecule has 1 aliphatic rings. The third-order valence-corrected chi connectivity index (χ3v) is 6.28. The number of amides is 1. The lowest BCUT2D eigenvalue weighted by molar-refractivity contribution is -0.120. The summed E-state index contributed by atoms with van der Waals surface area (Å²) < 4.78 is 5.41. The highest BCUT2D eigenvalue weighted by atomic mass is 16.6. The zero-order chi connectivity index (χ0) is 25.2. The molecule has 6 heteroatoms. The molecular formula is C29H32N2O4. The summed E-state index contributed by atoms with van der Waals surface area (Å²) in [7, 11) is 0. The second-order valence-corrected chi connectivity index (χ2v) is 10.2. The molecule has 0 N–H and O–H groups in total. The minimum absolute atomic E-state index is 0.368. The molecule has 0 atom stereocenters.